The number of carbonyl (C=O) groups is 1. The van der Waals surface area contributed by atoms with E-state index < -0.39 is 42.8 Å². The Bertz CT molecular complexity index is 583. The van der Waals surface area contributed by atoms with Crippen LogP contribution in [0, 0.1) is 0 Å². The molecule has 0 spiro atoms. The molecule has 1 N–H and O–H groups in total. The van der Waals surface area contributed by atoms with E-state index in [4.69, 9.17) is 0 Å². The van der Waals surface area contributed by atoms with Crippen molar-refractivity contribution >= 4 is 5.91 Å². The SMILES string of the molecule is O=C(c1ccc(OC(F)(F)F)cc1)N1CCC(O)(C(F)(F)F)C1. The van der Waals surface area contributed by atoms with Crippen molar-refractivity contribution in [3.8, 4) is 5.75 Å². The molecule has 1 unspecified atom stereocenters. The third-order valence-electron chi connectivity index (χ3n) is 3.40. The second-order valence-corrected chi connectivity index (χ2v) is 5.08. The lowest BCUT2D eigenvalue weighted by atomic mass is 10.0. The van der Waals surface area contributed by atoms with E-state index in [-0.39, 0.29) is 12.1 Å². The van der Waals surface area contributed by atoms with Crippen LogP contribution in [-0.2, 0) is 0 Å². The molecule has 128 valence electrons. The molecule has 1 aromatic carbocycles. The van der Waals surface area contributed by atoms with E-state index in [0.717, 1.165) is 29.2 Å². The summed E-state index contributed by atoms with van der Waals surface area (Å²) in [4.78, 5) is 12.8. The van der Waals surface area contributed by atoms with Crippen LogP contribution in [0.25, 0.3) is 0 Å². The van der Waals surface area contributed by atoms with Crippen LogP contribution in [0.5, 0.6) is 5.75 Å². The van der Waals surface area contributed by atoms with Gasteiger partial charge in [-0.3, -0.25) is 4.79 Å². The number of alkyl halides is 6. The van der Waals surface area contributed by atoms with Gasteiger partial charge in [0.1, 0.15) is 5.75 Å². The first-order chi connectivity index (χ1) is 10.4. The highest BCUT2D eigenvalue weighted by Crippen LogP contribution is 2.38. The number of β-amino-alcohol motifs (C(OH)–C–C–N with tert-alkyl or cyclic N) is 1. The molecule has 0 radical (unpaired) electrons. The number of benzene rings is 1. The van der Waals surface area contributed by atoms with Crippen molar-refractivity contribution in [3.63, 3.8) is 0 Å². The van der Waals surface area contributed by atoms with Crippen LogP contribution in [0.15, 0.2) is 24.3 Å². The Morgan fingerprint density at radius 2 is 1.70 bits per heavy atom. The number of nitrogens with zero attached hydrogens (tertiary/aromatic N) is 1. The first kappa shape index (κ1) is 17.4. The third kappa shape index (κ3) is 3.87. The molecule has 1 heterocycles. The molecule has 10 heteroatoms. The molecule has 0 aromatic heterocycles. The summed E-state index contributed by atoms with van der Waals surface area (Å²) in [5, 5.41) is 9.50. The van der Waals surface area contributed by atoms with E-state index in [9.17, 15) is 36.2 Å². The maximum Gasteiger partial charge on any atom is 0.573 e. The van der Waals surface area contributed by atoms with E-state index in [2.05, 4.69) is 4.74 Å². The molecule has 1 aliphatic rings. The van der Waals surface area contributed by atoms with Gasteiger partial charge in [0, 0.05) is 18.5 Å². The summed E-state index contributed by atoms with van der Waals surface area (Å²) >= 11 is 0. The molecule has 0 bridgehead atoms. The van der Waals surface area contributed by atoms with E-state index in [1.807, 2.05) is 0 Å². The second kappa shape index (κ2) is 5.59. The van der Waals surface area contributed by atoms with Crippen molar-refractivity contribution in [1.29, 1.82) is 0 Å². The monoisotopic (exact) mass is 343 g/mol. The molecule has 2 rings (SSSR count). The van der Waals surface area contributed by atoms with Gasteiger partial charge in [0.2, 0.25) is 0 Å². The minimum absolute atomic E-state index is 0.106. The largest absolute Gasteiger partial charge is 0.573 e. The quantitative estimate of drug-likeness (QED) is 0.840. The van der Waals surface area contributed by atoms with Gasteiger partial charge in [0.05, 0.1) is 6.54 Å². The van der Waals surface area contributed by atoms with Crippen molar-refractivity contribution in [2.24, 2.45) is 0 Å². The fourth-order valence-corrected chi connectivity index (χ4v) is 2.18. The van der Waals surface area contributed by atoms with Crippen LogP contribution in [0.3, 0.4) is 0 Å². The molecule has 0 saturated carbocycles. The van der Waals surface area contributed by atoms with Crippen LogP contribution < -0.4 is 4.74 Å². The maximum atomic E-state index is 12.7. The summed E-state index contributed by atoms with van der Waals surface area (Å²) in [6.07, 6.45) is -10.4. The van der Waals surface area contributed by atoms with E-state index in [1.165, 1.54) is 0 Å². The molecule has 23 heavy (non-hydrogen) atoms. The summed E-state index contributed by atoms with van der Waals surface area (Å²) in [5.41, 5.74) is -3.08. The highest BCUT2D eigenvalue weighted by atomic mass is 19.4. The highest BCUT2D eigenvalue weighted by molar-refractivity contribution is 5.94. The summed E-state index contributed by atoms with van der Waals surface area (Å²) in [5.74, 6) is -1.37. The molecule has 4 nitrogen and oxygen atoms in total. The van der Waals surface area contributed by atoms with Gasteiger partial charge in [0.15, 0.2) is 5.60 Å². The Kier molecular flexibility index (Phi) is 4.22. The second-order valence-electron chi connectivity index (χ2n) is 5.08. The summed E-state index contributed by atoms with van der Waals surface area (Å²) in [7, 11) is 0. The molecule has 1 aliphatic heterocycles. The Balaban J connectivity index is 2.07. The average molecular weight is 343 g/mol. The van der Waals surface area contributed by atoms with Crippen molar-refractivity contribution in [3.05, 3.63) is 29.8 Å². The van der Waals surface area contributed by atoms with E-state index in [1.54, 1.807) is 0 Å². The number of aliphatic hydroxyl groups is 1. The number of carbonyl (C=O) groups excluding carboxylic acids is 1. The first-order valence-corrected chi connectivity index (χ1v) is 6.35. The summed E-state index contributed by atoms with van der Waals surface area (Å²) in [6.45, 7) is -1.23. The third-order valence-corrected chi connectivity index (χ3v) is 3.40. The lowest BCUT2D eigenvalue weighted by Gasteiger charge is -2.25. The minimum atomic E-state index is -4.89. The Hall–Kier alpha value is -1.97. The standard InChI is InChI=1S/C13H11F6NO3/c14-12(15,16)11(22)5-6-20(7-11)10(21)8-1-3-9(4-2-8)23-13(17,18)19/h1-4,22H,5-7H2. The van der Waals surface area contributed by atoms with Gasteiger partial charge in [-0.2, -0.15) is 13.2 Å². The summed E-state index contributed by atoms with van der Waals surface area (Å²) < 4.78 is 77.7. The van der Waals surface area contributed by atoms with Crippen LogP contribution in [-0.4, -0.2) is 47.1 Å². The number of hydrogen-bond acceptors (Lipinski definition) is 3. The molecule has 0 aliphatic carbocycles. The molecular weight excluding hydrogens is 332 g/mol. The molecule has 1 atom stereocenters. The Labute approximate surface area is 126 Å². The van der Waals surface area contributed by atoms with Crippen molar-refractivity contribution < 1.29 is 41.0 Å². The molecular formula is C13H11F6NO3. The normalized spacial score (nSPS) is 22.3. The smallest absolute Gasteiger partial charge is 0.406 e. The molecule has 1 amide bonds. The van der Waals surface area contributed by atoms with Crippen LogP contribution in [0.2, 0.25) is 0 Å². The maximum absolute atomic E-state index is 12.7. The van der Waals surface area contributed by atoms with Gasteiger partial charge in [-0.25, -0.2) is 0 Å². The number of ether oxygens (including phenoxy) is 1. The van der Waals surface area contributed by atoms with Crippen LogP contribution in [0.1, 0.15) is 16.8 Å². The van der Waals surface area contributed by atoms with Crippen molar-refractivity contribution in [2.45, 2.75) is 24.6 Å². The first-order valence-electron chi connectivity index (χ1n) is 6.35. The van der Waals surface area contributed by atoms with Gasteiger partial charge in [-0.15, -0.1) is 13.2 Å². The fraction of sp³-hybridized carbons (Fsp3) is 0.462. The highest BCUT2D eigenvalue weighted by Gasteiger charge is 2.57. The van der Waals surface area contributed by atoms with Gasteiger partial charge >= 0.3 is 12.5 Å². The van der Waals surface area contributed by atoms with Crippen molar-refractivity contribution in [2.75, 3.05) is 13.1 Å². The van der Waals surface area contributed by atoms with Gasteiger partial charge in [0.25, 0.3) is 5.91 Å². The zero-order chi connectivity index (χ0) is 17.5. The van der Waals surface area contributed by atoms with E-state index >= 15 is 0 Å². The number of likely N-dealkylation sites (tertiary alicyclic amines) is 1. The Morgan fingerprint density at radius 3 is 2.13 bits per heavy atom. The molecule has 1 fully saturated rings. The number of rotatable bonds is 2. The minimum Gasteiger partial charge on any atom is -0.406 e. The van der Waals surface area contributed by atoms with Crippen LogP contribution in [0.4, 0.5) is 26.3 Å². The number of hydrogen-bond donors (Lipinski definition) is 1. The Morgan fingerprint density at radius 1 is 1.13 bits per heavy atom. The number of amides is 1. The summed E-state index contributed by atoms with van der Waals surface area (Å²) in [6, 6.07) is 3.78. The predicted octanol–water partition coefficient (Wildman–Crippen LogP) is 2.72. The lowest BCUT2D eigenvalue weighted by molar-refractivity contribution is -0.274. The average Bonchev–Trinajstić information content (AvgIpc) is 2.80. The van der Waals surface area contributed by atoms with Gasteiger partial charge < -0.3 is 14.7 Å². The number of halogens is 6. The van der Waals surface area contributed by atoms with Crippen molar-refractivity contribution in [1.82, 2.24) is 4.90 Å². The zero-order valence-electron chi connectivity index (χ0n) is 11.4. The predicted molar refractivity (Wildman–Crippen MR) is 64.7 cm³/mol. The topological polar surface area (TPSA) is 49.8 Å². The fourth-order valence-electron chi connectivity index (χ4n) is 2.18. The molecule has 1 aromatic rings. The van der Waals surface area contributed by atoms with E-state index in [0.29, 0.717) is 0 Å². The zero-order valence-corrected chi connectivity index (χ0v) is 11.4. The van der Waals surface area contributed by atoms with Gasteiger partial charge in [-0.1, -0.05) is 0 Å². The van der Waals surface area contributed by atoms with Gasteiger partial charge in [-0.05, 0) is 24.3 Å². The molecule has 1 saturated heterocycles. The lowest BCUT2D eigenvalue weighted by Crippen LogP contribution is -2.48. The van der Waals surface area contributed by atoms with Crippen LogP contribution >= 0.6 is 0 Å².